The maximum atomic E-state index is 11.8. The van der Waals surface area contributed by atoms with E-state index < -0.39 is 0 Å². The summed E-state index contributed by atoms with van der Waals surface area (Å²) in [6.45, 7) is 1.61. The second kappa shape index (κ2) is 6.39. The van der Waals surface area contributed by atoms with Gasteiger partial charge in [-0.2, -0.15) is 0 Å². The quantitative estimate of drug-likeness (QED) is 0.460. The lowest BCUT2D eigenvalue weighted by Crippen LogP contribution is -1.95. The zero-order valence-electron chi connectivity index (χ0n) is 11.1. The topological polar surface area (TPSA) is 17.1 Å². The monoisotopic (exact) mass is 268 g/mol. The number of hydrogen-bond acceptors (Lipinski definition) is 2. The molecule has 0 spiro atoms. The fraction of sp³-hybridized carbons (Fsp3) is 0.118. The van der Waals surface area contributed by atoms with Crippen LogP contribution in [0.5, 0.6) is 0 Å². The van der Waals surface area contributed by atoms with E-state index in [1.165, 1.54) is 4.90 Å². The molecule has 0 heterocycles. The number of hydrogen-bond donors (Lipinski definition) is 0. The predicted octanol–water partition coefficient (Wildman–Crippen LogP) is 4.54. The van der Waals surface area contributed by atoms with Gasteiger partial charge in [-0.25, -0.2) is 0 Å². The Labute approximate surface area is 118 Å². The fourth-order valence-corrected chi connectivity index (χ4v) is 2.28. The first-order valence-corrected chi connectivity index (χ1v) is 7.35. The van der Waals surface area contributed by atoms with E-state index in [0.29, 0.717) is 0 Å². The number of thioether (sulfide) groups is 1. The highest BCUT2D eigenvalue weighted by Gasteiger charge is 2.06. The van der Waals surface area contributed by atoms with Crippen molar-refractivity contribution >= 4 is 29.2 Å². The molecule has 2 aromatic carbocycles. The van der Waals surface area contributed by atoms with Gasteiger partial charge in [0, 0.05) is 10.5 Å². The van der Waals surface area contributed by atoms with Gasteiger partial charge in [0.05, 0.1) is 0 Å². The van der Waals surface area contributed by atoms with Gasteiger partial charge in [0.1, 0.15) is 0 Å². The van der Waals surface area contributed by atoms with Gasteiger partial charge in [-0.1, -0.05) is 42.5 Å². The molecule has 0 atom stereocenters. The normalized spacial score (nSPS) is 11.4. The molecule has 0 saturated heterocycles. The number of carbonyl (C=O) groups excluding carboxylic acids is 1. The molecular weight excluding hydrogens is 252 g/mol. The lowest BCUT2D eigenvalue weighted by atomic mass is 10.00. The van der Waals surface area contributed by atoms with Crippen molar-refractivity contribution in [2.24, 2.45) is 0 Å². The average molecular weight is 268 g/mol. The predicted molar refractivity (Wildman–Crippen MR) is 83.2 cm³/mol. The van der Waals surface area contributed by atoms with E-state index >= 15 is 0 Å². The number of rotatable bonds is 4. The van der Waals surface area contributed by atoms with Crippen LogP contribution >= 0.6 is 11.8 Å². The van der Waals surface area contributed by atoms with Crippen molar-refractivity contribution in [1.29, 1.82) is 0 Å². The van der Waals surface area contributed by atoms with Crippen molar-refractivity contribution in [3.8, 4) is 0 Å². The van der Waals surface area contributed by atoms with Crippen molar-refractivity contribution in [2.45, 2.75) is 11.8 Å². The molecule has 0 unspecified atom stereocenters. The molecule has 0 aromatic heterocycles. The maximum Gasteiger partial charge on any atom is 0.160 e. The number of carbonyl (C=O) groups is 1. The first-order chi connectivity index (χ1) is 9.20. The molecule has 0 saturated carbocycles. The summed E-state index contributed by atoms with van der Waals surface area (Å²) in [4.78, 5) is 13.0. The fourth-order valence-electron chi connectivity index (χ4n) is 1.87. The van der Waals surface area contributed by atoms with Gasteiger partial charge in [0.25, 0.3) is 0 Å². The Bertz CT molecular complexity index is 582. The van der Waals surface area contributed by atoms with Gasteiger partial charge in [-0.05, 0) is 42.5 Å². The van der Waals surface area contributed by atoms with Gasteiger partial charge in [-0.3, -0.25) is 4.79 Å². The Kier molecular flexibility index (Phi) is 4.58. The van der Waals surface area contributed by atoms with Crippen LogP contribution in [-0.2, 0) is 4.79 Å². The van der Waals surface area contributed by atoms with E-state index in [-0.39, 0.29) is 5.78 Å². The van der Waals surface area contributed by atoms with Gasteiger partial charge in [0.2, 0.25) is 0 Å². The Balaban J connectivity index is 2.38. The minimum absolute atomic E-state index is 0.0835. The number of benzene rings is 2. The first kappa shape index (κ1) is 13.6. The Morgan fingerprint density at radius 2 is 1.63 bits per heavy atom. The molecule has 2 rings (SSSR count). The summed E-state index contributed by atoms with van der Waals surface area (Å²) < 4.78 is 0. The van der Waals surface area contributed by atoms with E-state index in [1.807, 2.05) is 48.5 Å². The molecule has 2 heteroatoms. The minimum Gasteiger partial charge on any atom is -0.294 e. The summed E-state index contributed by atoms with van der Waals surface area (Å²) >= 11 is 1.71. The van der Waals surface area contributed by atoms with Crippen LogP contribution in [0.1, 0.15) is 18.1 Å². The van der Waals surface area contributed by atoms with Crippen molar-refractivity contribution in [1.82, 2.24) is 0 Å². The van der Waals surface area contributed by atoms with E-state index in [2.05, 4.69) is 18.4 Å². The van der Waals surface area contributed by atoms with Gasteiger partial charge in [-0.15, -0.1) is 11.8 Å². The van der Waals surface area contributed by atoms with Crippen LogP contribution in [0.15, 0.2) is 59.5 Å². The van der Waals surface area contributed by atoms with Gasteiger partial charge < -0.3 is 0 Å². The lowest BCUT2D eigenvalue weighted by molar-refractivity contribution is -0.111. The zero-order valence-corrected chi connectivity index (χ0v) is 11.9. The van der Waals surface area contributed by atoms with Crippen molar-refractivity contribution in [3.63, 3.8) is 0 Å². The van der Waals surface area contributed by atoms with Crippen LogP contribution in [0.3, 0.4) is 0 Å². The summed E-state index contributed by atoms with van der Waals surface area (Å²) in [6, 6.07) is 18.0. The molecule has 0 aliphatic heterocycles. The first-order valence-electron chi connectivity index (χ1n) is 6.13. The second-order valence-corrected chi connectivity index (χ2v) is 5.13. The summed E-state index contributed by atoms with van der Waals surface area (Å²) in [5.41, 5.74) is 2.76. The molecule has 1 nitrogen and oxygen atoms in total. The average Bonchev–Trinajstić information content (AvgIpc) is 2.46. The molecule has 96 valence electrons. The van der Waals surface area contributed by atoms with E-state index in [1.54, 1.807) is 18.7 Å². The molecule has 0 aliphatic carbocycles. The standard InChI is InChI=1S/C17H16OS/c1-13(18)17(15-6-4-3-5-7-15)12-14-8-10-16(19-2)11-9-14/h3-12H,1-2H3. The Hall–Kier alpha value is -1.80. The largest absolute Gasteiger partial charge is 0.294 e. The van der Waals surface area contributed by atoms with E-state index in [9.17, 15) is 4.79 Å². The molecule has 0 aliphatic rings. The third-order valence-electron chi connectivity index (χ3n) is 2.89. The highest BCUT2D eigenvalue weighted by atomic mass is 32.2. The van der Waals surface area contributed by atoms with Crippen molar-refractivity contribution in [2.75, 3.05) is 6.26 Å². The maximum absolute atomic E-state index is 11.8. The number of ketones is 1. The van der Waals surface area contributed by atoms with Gasteiger partial charge >= 0.3 is 0 Å². The van der Waals surface area contributed by atoms with Crippen LogP contribution in [0, 0.1) is 0 Å². The molecule has 0 bridgehead atoms. The van der Waals surface area contributed by atoms with Crippen LogP contribution < -0.4 is 0 Å². The Morgan fingerprint density at radius 1 is 1.00 bits per heavy atom. The molecule has 0 fully saturated rings. The molecule has 0 radical (unpaired) electrons. The Morgan fingerprint density at radius 3 is 2.16 bits per heavy atom. The highest BCUT2D eigenvalue weighted by Crippen LogP contribution is 2.21. The van der Waals surface area contributed by atoms with E-state index in [0.717, 1.165) is 16.7 Å². The minimum atomic E-state index is 0.0835. The highest BCUT2D eigenvalue weighted by molar-refractivity contribution is 7.98. The summed E-state index contributed by atoms with van der Waals surface area (Å²) in [5.74, 6) is 0.0835. The van der Waals surface area contributed by atoms with E-state index in [4.69, 9.17) is 0 Å². The number of Topliss-reactive ketones (excluding diaryl/α,β-unsaturated/α-hetero) is 1. The lowest BCUT2D eigenvalue weighted by Gasteiger charge is -2.04. The summed E-state index contributed by atoms with van der Waals surface area (Å²) in [7, 11) is 0. The third-order valence-corrected chi connectivity index (χ3v) is 3.63. The molecule has 0 N–H and O–H groups in total. The molecule has 19 heavy (non-hydrogen) atoms. The molecule has 0 amide bonds. The van der Waals surface area contributed by atoms with Crippen LogP contribution in [0.2, 0.25) is 0 Å². The van der Waals surface area contributed by atoms with Crippen molar-refractivity contribution < 1.29 is 4.79 Å². The molecule has 2 aromatic rings. The summed E-state index contributed by atoms with van der Waals surface area (Å²) in [6.07, 6.45) is 4.00. The smallest absolute Gasteiger partial charge is 0.160 e. The van der Waals surface area contributed by atoms with Crippen LogP contribution in [-0.4, -0.2) is 12.0 Å². The SMILES string of the molecule is CSc1ccc(C=C(C(C)=O)c2ccccc2)cc1. The zero-order chi connectivity index (χ0) is 13.7. The molecular formula is C17H16OS. The second-order valence-electron chi connectivity index (χ2n) is 4.25. The third kappa shape index (κ3) is 3.58. The number of allylic oxidation sites excluding steroid dienone is 1. The summed E-state index contributed by atoms with van der Waals surface area (Å²) in [5, 5.41) is 0. The van der Waals surface area contributed by atoms with Crippen LogP contribution in [0.25, 0.3) is 11.6 Å². The van der Waals surface area contributed by atoms with Crippen molar-refractivity contribution in [3.05, 3.63) is 65.7 Å². The van der Waals surface area contributed by atoms with Crippen LogP contribution in [0.4, 0.5) is 0 Å². The van der Waals surface area contributed by atoms with Gasteiger partial charge in [0.15, 0.2) is 5.78 Å².